The first-order chi connectivity index (χ1) is 28.3. The second-order valence-electron chi connectivity index (χ2n) is 14.7. The number of nitrogens with two attached hydrogens (primary N) is 2. The van der Waals surface area contributed by atoms with Crippen LogP contribution in [0.5, 0.6) is 0 Å². The lowest BCUT2D eigenvalue weighted by Gasteiger charge is -2.26. The molecule has 0 bridgehead atoms. The molecule has 59 heavy (non-hydrogen) atoms. The van der Waals surface area contributed by atoms with Gasteiger partial charge in [-0.3, -0.25) is 15.0 Å². The van der Waals surface area contributed by atoms with E-state index in [1.54, 1.807) is 54.7 Å². The van der Waals surface area contributed by atoms with E-state index in [0.717, 1.165) is 50.4 Å². The lowest BCUT2D eigenvalue weighted by molar-refractivity contribution is 0.514. The van der Waals surface area contributed by atoms with E-state index in [4.69, 9.17) is 23.7 Å². The van der Waals surface area contributed by atoms with E-state index in [-0.39, 0.29) is 10.8 Å². The zero-order valence-electron chi connectivity index (χ0n) is 34.7. The minimum Gasteiger partial charge on any atom is -0.383 e. The molecule has 0 aliphatic carbocycles. The van der Waals surface area contributed by atoms with Gasteiger partial charge >= 0.3 is 0 Å². The van der Waals surface area contributed by atoms with E-state index < -0.39 is 0 Å². The fraction of sp³-hybridized carbons (Fsp3) is 0.244. The highest BCUT2D eigenvalue weighted by Crippen LogP contribution is 2.30. The fourth-order valence-electron chi connectivity index (χ4n) is 5.09. The highest BCUT2D eigenvalue weighted by molar-refractivity contribution is 7.80. The van der Waals surface area contributed by atoms with Gasteiger partial charge in [-0.1, -0.05) is 57.2 Å². The predicted octanol–water partition coefficient (Wildman–Crippen LogP) is 8.99. The van der Waals surface area contributed by atoms with Gasteiger partial charge in [0.2, 0.25) is 0 Å². The second-order valence-corrected chi connectivity index (χ2v) is 16.1. The molecule has 14 heteroatoms. The molecule has 0 aliphatic heterocycles. The Morgan fingerprint density at radius 3 is 1.61 bits per heavy atom. The zero-order valence-corrected chi connectivity index (χ0v) is 36.4. The van der Waals surface area contributed by atoms with Crippen molar-refractivity contribution in [3.63, 3.8) is 0 Å². The molecule has 12 nitrogen and oxygen atoms in total. The van der Waals surface area contributed by atoms with Crippen molar-refractivity contribution in [2.24, 2.45) is 5.73 Å². The topological polar surface area (TPSA) is 178 Å². The molecule has 7 heterocycles. The summed E-state index contributed by atoms with van der Waals surface area (Å²) in [7, 11) is 0. The lowest BCUT2D eigenvalue weighted by atomic mass is 9.85. The Kier molecular flexibility index (Phi) is 17.5. The van der Waals surface area contributed by atoms with Crippen molar-refractivity contribution in [2.75, 3.05) is 29.5 Å². The van der Waals surface area contributed by atoms with Crippen LogP contribution in [0.25, 0.3) is 10.4 Å². The maximum absolute atomic E-state index is 5.62. The van der Waals surface area contributed by atoms with Crippen LogP contribution in [0.15, 0.2) is 135 Å². The maximum Gasteiger partial charge on any atom is 0.188 e. The summed E-state index contributed by atoms with van der Waals surface area (Å²) in [6, 6.07) is 23.7. The number of nitrogens with one attached hydrogen (secondary N) is 3. The SMILES string of the molecule is CC(C)(CN)c1ccncc1.Cc1cccnc1N.Cc1cccnc1NC(=S)NCC(C)(C)c1ccncc1.Cc1cccnc1Nc1ncc(-c2ccncc2)s1. The van der Waals surface area contributed by atoms with Crippen LogP contribution in [0.4, 0.5) is 22.6 Å². The van der Waals surface area contributed by atoms with Crippen LogP contribution in [0, 0.1) is 20.8 Å². The summed E-state index contributed by atoms with van der Waals surface area (Å²) in [4.78, 5) is 29.9. The summed E-state index contributed by atoms with van der Waals surface area (Å²) in [5, 5.41) is 11.1. The minimum atomic E-state index is -0.0339. The Balaban J connectivity index is 0.000000185. The van der Waals surface area contributed by atoms with Gasteiger partial charge < -0.3 is 27.4 Å². The van der Waals surface area contributed by atoms with Crippen molar-refractivity contribution >= 4 is 51.3 Å². The Morgan fingerprint density at radius 2 is 1.12 bits per heavy atom. The number of hydrogen-bond donors (Lipinski definition) is 5. The molecular weight excluding hydrogens is 773 g/mol. The van der Waals surface area contributed by atoms with Gasteiger partial charge in [0.1, 0.15) is 17.5 Å². The first-order valence-corrected chi connectivity index (χ1v) is 20.2. The molecule has 0 radical (unpaired) electrons. The standard InChI is InChI=1S/C16H20N4S.C14H12N4S.C9H14N2.C6H8N2/c1-12-5-4-8-18-14(12)20-15(21)19-11-16(2,3)13-6-9-17-10-7-13;1-10-3-2-6-16-13(10)18-14-17-9-12(19-14)11-4-7-15-8-5-11;1-9(2,7-10)8-3-5-11-6-4-8;1-5-3-2-4-8-6(5)7/h4-10H,11H2,1-3H3,(H2,18,19,20,21);2-9H,1H3,(H,16,17,18);3-6H,7,10H2,1-2H3;2-4H,1H3,(H2,7,8). The fourth-order valence-corrected chi connectivity index (χ4v) is 6.08. The predicted molar refractivity (Wildman–Crippen MR) is 248 cm³/mol. The third kappa shape index (κ3) is 14.9. The van der Waals surface area contributed by atoms with Crippen molar-refractivity contribution in [3.05, 3.63) is 163 Å². The molecule has 0 amide bonds. The van der Waals surface area contributed by atoms with Crippen LogP contribution >= 0.6 is 23.6 Å². The highest BCUT2D eigenvalue weighted by Gasteiger charge is 2.21. The largest absolute Gasteiger partial charge is 0.383 e. The third-order valence-electron chi connectivity index (χ3n) is 9.12. The summed E-state index contributed by atoms with van der Waals surface area (Å²) in [6.45, 7) is 15.9. The lowest BCUT2D eigenvalue weighted by Crippen LogP contribution is -2.39. The van der Waals surface area contributed by atoms with Gasteiger partial charge in [0.25, 0.3) is 0 Å². The van der Waals surface area contributed by atoms with E-state index in [0.29, 0.717) is 17.5 Å². The number of rotatable bonds is 9. The number of nitrogen functional groups attached to an aromatic ring is 1. The first kappa shape index (κ1) is 45.5. The summed E-state index contributed by atoms with van der Waals surface area (Å²) in [5.74, 6) is 2.25. The van der Waals surface area contributed by atoms with Gasteiger partial charge in [-0.15, -0.1) is 0 Å². The van der Waals surface area contributed by atoms with Crippen LogP contribution in [-0.2, 0) is 10.8 Å². The molecule has 0 saturated heterocycles. The molecule has 0 unspecified atom stereocenters. The number of nitrogens with zero attached hydrogens (tertiary/aromatic N) is 7. The van der Waals surface area contributed by atoms with E-state index in [9.17, 15) is 0 Å². The average Bonchev–Trinajstić information content (AvgIpc) is 3.73. The molecule has 0 atom stereocenters. The van der Waals surface area contributed by atoms with Crippen molar-refractivity contribution in [1.82, 2.24) is 40.2 Å². The molecule has 7 N–H and O–H groups in total. The second kappa shape index (κ2) is 22.6. The number of aromatic nitrogens is 7. The molecule has 0 spiro atoms. The molecule has 0 aromatic carbocycles. The van der Waals surface area contributed by atoms with Crippen LogP contribution in [0.1, 0.15) is 55.5 Å². The Morgan fingerprint density at radius 1 is 0.627 bits per heavy atom. The molecule has 7 rings (SSSR count). The van der Waals surface area contributed by atoms with Gasteiger partial charge in [0, 0.05) is 85.9 Å². The number of anilines is 4. The third-order valence-corrected chi connectivity index (χ3v) is 10.3. The van der Waals surface area contributed by atoms with Crippen LogP contribution in [0.2, 0.25) is 0 Å². The molecule has 0 aliphatic rings. The van der Waals surface area contributed by atoms with Crippen LogP contribution in [0.3, 0.4) is 0 Å². The number of aryl methyl sites for hydroxylation is 3. The molecule has 7 aromatic rings. The first-order valence-electron chi connectivity index (χ1n) is 19.0. The van der Waals surface area contributed by atoms with Crippen LogP contribution < -0.4 is 27.4 Å². The van der Waals surface area contributed by atoms with Gasteiger partial charge in [-0.25, -0.2) is 19.9 Å². The molecular formula is C45H54N12S2. The number of hydrogen-bond acceptors (Lipinski definition) is 12. The van der Waals surface area contributed by atoms with E-state index in [1.807, 2.05) is 112 Å². The quantitative estimate of drug-likeness (QED) is 0.0872. The zero-order chi connectivity index (χ0) is 42.7. The van der Waals surface area contributed by atoms with E-state index in [1.165, 1.54) is 11.1 Å². The van der Waals surface area contributed by atoms with Crippen molar-refractivity contribution in [1.29, 1.82) is 0 Å². The molecule has 0 saturated carbocycles. The normalized spacial score (nSPS) is 10.6. The molecule has 306 valence electrons. The molecule has 7 aromatic heterocycles. The van der Waals surface area contributed by atoms with Gasteiger partial charge in [-0.2, -0.15) is 0 Å². The van der Waals surface area contributed by atoms with Gasteiger partial charge in [-0.05, 0) is 121 Å². The molecule has 0 fully saturated rings. The summed E-state index contributed by atoms with van der Waals surface area (Å²) in [5.41, 5.74) is 17.9. The maximum atomic E-state index is 5.62. The summed E-state index contributed by atoms with van der Waals surface area (Å²) < 4.78 is 0. The van der Waals surface area contributed by atoms with Crippen molar-refractivity contribution < 1.29 is 0 Å². The number of thiocarbonyl (C=S) groups is 1. The average molecular weight is 827 g/mol. The Labute approximate surface area is 357 Å². The van der Waals surface area contributed by atoms with Gasteiger partial charge in [0.15, 0.2) is 10.2 Å². The summed E-state index contributed by atoms with van der Waals surface area (Å²) >= 11 is 6.94. The van der Waals surface area contributed by atoms with Crippen LogP contribution in [-0.4, -0.2) is 53.1 Å². The van der Waals surface area contributed by atoms with Crippen molar-refractivity contribution in [2.45, 2.75) is 59.3 Å². The summed E-state index contributed by atoms with van der Waals surface area (Å²) in [6.07, 6.45) is 17.8. The van der Waals surface area contributed by atoms with Crippen molar-refractivity contribution in [3.8, 4) is 10.4 Å². The smallest absolute Gasteiger partial charge is 0.188 e. The Bertz CT molecular complexity index is 2280. The number of pyridine rings is 6. The number of thiazole rings is 1. The highest BCUT2D eigenvalue weighted by atomic mass is 32.1. The minimum absolute atomic E-state index is 0.0339. The Hall–Kier alpha value is -6.22. The van der Waals surface area contributed by atoms with E-state index >= 15 is 0 Å². The van der Waals surface area contributed by atoms with Gasteiger partial charge in [0.05, 0.1) is 4.88 Å². The van der Waals surface area contributed by atoms with E-state index in [2.05, 4.69) is 78.5 Å². The monoisotopic (exact) mass is 826 g/mol.